The first-order valence-corrected chi connectivity index (χ1v) is 10.0. The first-order valence-electron chi connectivity index (χ1n) is 9.62. The zero-order chi connectivity index (χ0) is 18.7. The SMILES string of the molecule is CC(C)N1CC[C@@H](CNC(=O)N2CCC(O)(c3ccc(Cl)cc3)CC2)C1. The van der Waals surface area contributed by atoms with E-state index in [1.807, 2.05) is 17.0 Å². The third-order valence-corrected chi connectivity index (χ3v) is 6.10. The van der Waals surface area contributed by atoms with Gasteiger partial charge in [-0.1, -0.05) is 23.7 Å². The van der Waals surface area contributed by atoms with Crippen LogP contribution in [0.5, 0.6) is 0 Å². The number of amides is 2. The molecule has 2 aliphatic rings. The fourth-order valence-electron chi connectivity index (χ4n) is 3.97. The molecule has 2 fully saturated rings. The van der Waals surface area contributed by atoms with Crippen molar-refractivity contribution in [2.75, 3.05) is 32.7 Å². The Morgan fingerprint density at radius 3 is 2.50 bits per heavy atom. The standard InChI is InChI=1S/C20H30ClN3O2/c1-15(2)24-10-7-16(14-24)13-22-19(25)23-11-8-20(26,9-12-23)17-3-5-18(21)6-4-17/h3-6,15-16,26H,7-14H2,1-2H3,(H,22,25)/t16-/m0/s1. The predicted octanol–water partition coefficient (Wildman–Crippen LogP) is 3.06. The van der Waals surface area contributed by atoms with Gasteiger partial charge < -0.3 is 20.2 Å². The molecule has 0 bridgehead atoms. The molecule has 5 nitrogen and oxygen atoms in total. The number of piperidine rings is 1. The third kappa shape index (κ3) is 4.51. The van der Waals surface area contributed by atoms with Crippen LogP contribution >= 0.6 is 11.6 Å². The Morgan fingerprint density at radius 1 is 1.27 bits per heavy atom. The van der Waals surface area contributed by atoms with Gasteiger partial charge in [-0.15, -0.1) is 0 Å². The smallest absolute Gasteiger partial charge is 0.317 e. The largest absolute Gasteiger partial charge is 0.385 e. The summed E-state index contributed by atoms with van der Waals surface area (Å²) in [5.74, 6) is 0.539. The molecule has 6 heteroatoms. The molecule has 1 aromatic carbocycles. The number of likely N-dealkylation sites (tertiary alicyclic amines) is 2. The normalized spacial score (nSPS) is 23.4. The number of urea groups is 1. The molecule has 0 aromatic heterocycles. The van der Waals surface area contributed by atoms with Crippen molar-refractivity contribution in [2.24, 2.45) is 5.92 Å². The van der Waals surface area contributed by atoms with Crippen molar-refractivity contribution in [3.63, 3.8) is 0 Å². The minimum atomic E-state index is -0.870. The highest BCUT2D eigenvalue weighted by Crippen LogP contribution is 2.33. The first kappa shape index (κ1) is 19.5. The van der Waals surface area contributed by atoms with Crippen molar-refractivity contribution in [3.05, 3.63) is 34.9 Å². The van der Waals surface area contributed by atoms with Crippen molar-refractivity contribution in [3.8, 4) is 0 Å². The first-order chi connectivity index (χ1) is 12.4. The van der Waals surface area contributed by atoms with Crippen LogP contribution in [0.2, 0.25) is 5.02 Å². The maximum atomic E-state index is 12.5. The summed E-state index contributed by atoms with van der Waals surface area (Å²) in [4.78, 5) is 16.7. The Bertz CT molecular complexity index is 612. The number of carbonyl (C=O) groups is 1. The molecule has 2 amide bonds. The van der Waals surface area contributed by atoms with E-state index >= 15 is 0 Å². The van der Waals surface area contributed by atoms with E-state index in [4.69, 9.17) is 11.6 Å². The molecule has 0 aliphatic carbocycles. The molecule has 1 aromatic rings. The molecule has 0 radical (unpaired) electrons. The quantitative estimate of drug-likeness (QED) is 0.845. The van der Waals surface area contributed by atoms with Gasteiger partial charge >= 0.3 is 6.03 Å². The number of carbonyl (C=O) groups excluding carboxylic acids is 1. The highest BCUT2D eigenvalue weighted by atomic mass is 35.5. The number of rotatable bonds is 4. The highest BCUT2D eigenvalue weighted by Gasteiger charge is 2.35. The zero-order valence-corrected chi connectivity index (χ0v) is 16.5. The van der Waals surface area contributed by atoms with Gasteiger partial charge in [0.15, 0.2) is 0 Å². The number of halogens is 1. The molecule has 2 N–H and O–H groups in total. The number of nitrogens with zero attached hydrogens (tertiary/aromatic N) is 2. The molecule has 0 unspecified atom stereocenters. The van der Waals surface area contributed by atoms with E-state index in [1.165, 1.54) is 0 Å². The lowest BCUT2D eigenvalue weighted by molar-refractivity contribution is -0.0168. The van der Waals surface area contributed by atoms with Crippen LogP contribution in [0.25, 0.3) is 0 Å². The Kier molecular flexibility index (Phi) is 6.10. The molecule has 2 heterocycles. The summed E-state index contributed by atoms with van der Waals surface area (Å²) < 4.78 is 0. The van der Waals surface area contributed by atoms with E-state index in [1.54, 1.807) is 12.1 Å². The van der Waals surface area contributed by atoms with E-state index in [2.05, 4.69) is 24.1 Å². The van der Waals surface area contributed by atoms with Crippen molar-refractivity contribution >= 4 is 17.6 Å². The molecular weight excluding hydrogens is 350 g/mol. The molecule has 26 heavy (non-hydrogen) atoms. The summed E-state index contributed by atoms with van der Waals surface area (Å²) >= 11 is 5.93. The summed E-state index contributed by atoms with van der Waals surface area (Å²) in [6.07, 6.45) is 2.24. The van der Waals surface area contributed by atoms with Crippen LogP contribution in [-0.4, -0.2) is 59.7 Å². The van der Waals surface area contributed by atoms with Gasteiger partial charge in [0.05, 0.1) is 5.60 Å². The van der Waals surface area contributed by atoms with Gasteiger partial charge in [-0.25, -0.2) is 4.79 Å². The lowest BCUT2D eigenvalue weighted by atomic mass is 9.84. The van der Waals surface area contributed by atoms with Gasteiger partial charge in [-0.05, 0) is 63.3 Å². The second-order valence-corrected chi connectivity index (χ2v) is 8.39. The number of benzene rings is 1. The summed E-state index contributed by atoms with van der Waals surface area (Å²) in [7, 11) is 0. The monoisotopic (exact) mass is 379 g/mol. The van der Waals surface area contributed by atoms with Gasteiger partial charge in [0.1, 0.15) is 0 Å². The maximum absolute atomic E-state index is 12.5. The van der Waals surface area contributed by atoms with Gasteiger partial charge in [-0.3, -0.25) is 0 Å². The molecule has 2 aliphatic heterocycles. The minimum absolute atomic E-state index is 0.00819. The van der Waals surface area contributed by atoms with Crippen molar-refractivity contribution in [1.29, 1.82) is 0 Å². The molecule has 2 saturated heterocycles. The Balaban J connectivity index is 1.46. The molecular formula is C20H30ClN3O2. The number of nitrogens with one attached hydrogen (secondary N) is 1. The number of hydrogen-bond donors (Lipinski definition) is 2. The highest BCUT2D eigenvalue weighted by molar-refractivity contribution is 6.30. The summed E-state index contributed by atoms with van der Waals surface area (Å²) in [6, 6.07) is 7.91. The van der Waals surface area contributed by atoms with Crippen LogP contribution in [-0.2, 0) is 5.60 Å². The van der Waals surface area contributed by atoms with Gasteiger partial charge in [0, 0.05) is 37.2 Å². The second-order valence-electron chi connectivity index (χ2n) is 7.95. The molecule has 0 saturated carbocycles. The average Bonchev–Trinajstić information content (AvgIpc) is 3.10. The van der Waals surface area contributed by atoms with E-state index in [-0.39, 0.29) is 6.03 Å². The molecule has 0 spiro atoms. The van der Waals surface area contributed by atoms with Crippen LogP contribution in [0.15, 0.2) is 24.3 Å². The third-order valence-electron chi connectivity index (χ3n) is 5.85. The minimum Gasteiger partial charge on any atom is -0.385 e. The fourth-order valence-corrected chi connectivity index (χ4v) is 4.10. The van der Waals surface area contributed by atoms with E-state index in [0.717, 1.165) is 31.6 Å². The van der Waals surface area contributed by atoms with Crippen molar-refractivity contribution < 1.29 is 9.90 Å². The van der Waals surface area contributed by atoms with Crippen molar-refractivity contribution in [1.82, 2.24) is 15.1 Å². The van der Waals surface area contributed by atoms with E-state index in [0.29, 0.717) is 42.9 Å². The van der Waals surface area contributed by atoms with Crippen LogP contribution in [0, 0.1) is 5.92 Å². The van der Waals surface area contributed by atoms with Gasteiger partial charge in [0.25, 0.3) is 0 Å². The second kappa shape index (κ2) is 8.15. The Morgan fingerprint density at radius 2 is 1.92 bits per heavy atom. The predicted molar refractivity (Wildman–Crippen MR) is 104 cm³/mol. The van der Waals surface area contributed by atoms with Crippen molar-refractivity contribution in [2.45, 2.75) is 44.8 Å². The van der Waals surface area contributed by atoms with Gasteiger partial charge in [0.2, 0.25) is 0 Å². The molecule has 3 rings (SSSR count). The Hall–Kier alpha value is -1.30. The zero-order valence-electron chi connectivity index (χ0n) is 15.7. The van der Waals surface area contributed by atoms with Crippen LogP contribution < -0.4 is 5.32 Å². The lowest BCUT2D eigenvalue weighted by Crippen LogP contribution is -2.49. The maximum Gasteiger partial charge on any atom is 0.317 e. The van der Waals surface area contributed by atoms with E-state index < -0.39 is 5.60 Å². The summed E-state index contributed by atoms with van der Waals surface area (Å²) in [5, 5.41) is 14.7. The molecule has 1 atom stereocenters. The Labute approximate surface area is 161 Å². The topological polar surface area (TPSA) is 55.8 Å². The molecule has 144 valence electrons. The summed E-state index contributed by atoms with van der Waals surface area (Å²) in [6.45, 7) is 8.48. The number of aliphatic hydroxyl groups is 1. The van der Waals surface area contributed by atoms with Crippen LogP contribution in [0.1, 0.15) is 38.7 Å². The number of hydrogen-bond acceptors (Lipinski definition) is 3. The fraction of sp³-hybridized carbons (Fsp3) is 0.650. The van der Waals surface area contributed by atoms with Gasteiger partial charge in [-0.2, -0.15) is 0 Å². The van der Waals surface area contributed by atoms with Crippen LogP contribution in [0.3, 0.4) is 0 Å². The van der Waals surface area contributed by atoms with Crippen LogP contribution in [0.4, 0.5) is 4.79 Å². The lowest BCUT2D eigenvalue weighted by Gasteiger charge is -2.38. The van der Waals surface area contributed by atoms with E-state index in [9.17, 15) is 9.90 Å². The average molecular weight is 380 g/mol. The summed E-state index contributed by atoms with van der Waals surface area (Å²) in [5.41, 5.74) is 0.00612.